The maximum absolute atomic E-state index is 13.5. The molecule has 204 valence electrons. The Morgan fingerprint density at radius 1 is 1.11 bits per heavy atom. The van der Waals surface area contributed by atoms with Gasteiger partial charge in [0.15, 0.2) is 0 Å². The van der Waals surface area contributed by atoms with Crippen molar-refractivity contribution in [1.82, 2.24) is 10.2 Å². The number of halogens is 2. The largest absolute Gasteiger partial charge is 0.497 e. The van der Waals surface area contributed by atoms with E-state index in [0.717, 1.165) is 16.1 Å². The highest BCUT2D eigenvalue weighted by molar-refractivity contribution is 7.92. The van der Waals surface area contributed by atoms with Crippen LogP contribution in [-0.4, -0.2) is 57.1 Å². The fourth-order valence-corrected chi connectivity index (χ4v) is 5.33. The van der Waals surface area contributed by atoms with E-state index in [0.29, 0.717) is 17.2 Å². The Kier molecular flexibility index (Phi) is 11.5. The molecule has 2 aromatic rings. The number of hydrogen-bond acceptors (Lipinski definition) is 5. The van der Waals surface area contributed by atoms with Crippen LogP contribution in [0.1, 0.15) is 45.6 Å². The molecular weight excluding hydrogens is 537 g/mol. The lowest BCUT2D eigenvalue weighted by atomic mass is 10.1. The first-order valence-corrected chi connectivity index (χ1v) is 14.6. The zero-order chi connectivity index (χ0) is 27.8. The van der Waals surface area contributed by atoms with Crippen LogP contribution in [0.2, 0.25) is 10.0 Å². The van der Waals surface area contributed by atoms with Gasteiger partial charge < -0.3 is 15.0 Å². The molecule has 2 rings (SSSR count). The van der Waals surface area contributed by atoms with Crippen LogP contribution in [0, 0.1) is 0 Å². The Hall–Kier alpha value is -2.49. The molecule has 1 atom stereocenters. The van der Waals surface area contributed by atoms with Crippen LogP contribution in [0.5, 0.6) is 5.75 Å². The van der Waals surface area contributed by atoms with Crippen LogP contribution in [0.3, 0.4) is 0 Å². The number of sulfonamides is 1. The molecule has 0 aliphatic carbocycles. The zero-order valence-electron chi connectivity index (χ0n) is 21.8. The molecule has 0 saturated heterocycles. The molecule has 11 heteroatoms. The van der Waals surface area contributed by atoms with Crippen LogP contribution in [0.25, 0.3) is 0 Å². The second-order valence-corrected chi connectivity index (χ2v) is 11.7. The first-order chi connectivity index (χ1) is 17.4. The number of anilines is 1. The average molecular weight is 573 g/mol. The summed E-state index contributed by atoms with van der Waals surface area (Å²) in [6.07, 6.45) is 1.73. The standard InChI is InChI=1S/C26H35Cl2N3O5S/c1-6-23(26(33)29-18(2)3)30(17-19-9-7-10-21(15-19)36-4)25(32)11-8-14-31(37(5,34)35)24-16-20(27)12-13-22(24)28/h7,9-10,12-13,15-16,18,23H,6,8,11,14,17H2,1-5H3,(H,29,33)/t23-/m0/s1. The van der Waals surface area contributed by atoms with Crippen molar-refractivity contribution in [2.75, 3.05) is 24.2 Å². The number of ether oxygens (including phenoxy) is 1. The topological polar surface area (TPSA) is 96.0 Å². The van der Waals surface area contributed by atoms with E-state index in [4.69, 9.17) is 27.9 Å². The van der Waals surface area contributed by atoms with Gasteiger partial charge >= 0.3 is 0 Å². The van der Waals surface area contributed by atoms with Crippen molar-refractivity contribution in [3.63, 3.8) is 0 Å². The van der Waals surface area contributed by atoms with E-state index in [1.165, 1.54) is 12.1 Å². The first-order valence-electron chi connectivity index (χ1n) is 12.0. The average Bonchev–Trinajstić information content (AvgIpc) is 2.82. The van der Waals surface area contributed by atoms with Gasteiger partial charge in [-0.15, -0.1) is 0 Å². The quantitative estimate of drug-likeness (QED) is 0.369. The van der Waals surface area contributed by atoms with Gasteiger partial charge in [-0.1, -0.05) is 42.3 Å². The Balaban J connectivity index is 2.27. The van der Waals surface area contributed by atoms with Crippen LogP contribution < -0.4 is 14.4 Å². The Labute approximate surface area is 229 Å². The lowest BCUT2D eigenvalue weighted by Crippen LogP contribution is -2.50. The van der Waals surface area contributed by atoms with Gasteiger partial charge in [-0.25, -0.2) is 8.42 Å². The van der Waals surface area contributed by atoms with Gasteiger partial charge in [-0.3, -0.25) is 13.9 Å². The summed E-state index contributed by atoms with van der Waals surface area (Å²) in [6.45, 7) is 5.80. The summed E-state index contributed by atoms with van der Waals surface area (Å²) >= 11 is 12.3. The van der Waals surface area contributed by atoms with Crippen molar-refractivity contribution in [3.05, 3.63) is 58.1 Å². The molecule has 0 aliphatic rings. The van der Waals surface area contributed by atoms with Gasteiger partial charge in [0.1, 0.15) is 11.8 Å². The minimum absolute atomic E-state index is 0.0205. The molecule has 0 bridgehead atoms. The smallest absolute Gasteiger partial charge is 0.243 e. The van der Waals surface area contributed by atoms with Crippen LogP contribution in [0.15, 0.2) is 42.5 Å². The third-order valence-corrected chi connectivity index (χ3v) is 7.37. The Bertz CT molecular complexity index is 1190. The van der Waals surface area contributed by atoms with Gasteiger partial charge in [-0.2, -0.15) is 0 Å². The third kappa shape index (κ3) is 9.09. The predicted octanol–water partition coefficient (Wildman–Crippen LogP) is 4.88. The zero-order valence-corrected chi connectivity index (χ0v) is 24.2. The second kappa shape index (κ2) is 13.9. The van der Waals surface area contributed by atoms with E-state index < -0.39 is 16.1 Å². The fraction of sp³-hybridized carbons (Fsp3) is 0.462. The molecule has 0 fully saturated rings. The molecule has 37 heavy (non-hydrogen) atoms. The molecule has 2 amide bonds. The number of nitrogens with one attached hydrogen (secondary N) is 1. The van der Waals surface area contributed by atoms with Crippen molar-refractivity contribution in [3.8, 4) is 5.75 Å². The number of carbonyl (C=O) groups excluding carboxylic acids is 2. The summed E-state index contributed by atoms with van der Waals surface area (Å²) in [5, 5.41) is 3.47. The van der Waals surface area contributed by atoms with E-state index >= 15 is 0 Å². The predicted molar refractivity (Wildman–Crippen MR) is 149 cm³/mol. The fourth-order valence-electron chi connectivity index (χ4n) is 3.93. The van der Waals surface area contributed by atoms with Gasteiger partial charge in [0.2, 0.25) is 21.8 Å². The lowest BCUT2D eigenvalue weighted by Gasteiger charge is -2.31. The molecule has 2 aromatic carbocycles. The second-order valence-electron chi connectivity index (χ2n) is 8.99. The van der Waals surface area contributed by atoms with Crippen LogP contribution in [-0.2, 0) is 26.2 Å². The molecule has 1 N–H and O–H groups in total. The summed E-state index contributed by atoms with van der Waals surface area (Å²) in [5.41, 5.74) is 1.06. The monoisotopic (exact) mass is 571 g/mol. The van der Waals surface area contributed by atoms with E-state index in [9.17, 15) is 18.0 Å². The number of nitrogens with zero attached hydrogens (tertiary/aromatic N) is 2. The summed E-state index contributed by atoms with van der Waals surface area (Å²) in [6, 6.07) is 11.1. The van der Waals surface area contributed by atoms with Crippen molar-refractivity contribution >= 4 is 50.7 Å². The van der Waals surface area contributed by atoms with E-state index in [2.05, 4.69) is 5.32 Å². The van der Waals surface area contributed by atoms with Crippen LogP contribution in [0.4, 0.5) is 5.69 Å². The maximum atomic E-state index is 13.5. The summed E-state index contributed by atoms with van der Waals surface area (Å²) in [5.74, 6) is 0.142. The van der Waals surface area contributed by atoms with Crippen molar-refractivity contribution in [1.29, 1.82) is 0 Å². The highest BCUT2D eigenvalue weighted by atomic mass is 35.5. The normalized spacial score (nSPS) is 12.2. The first kappa shape index (κ1) is 30.7. The van der Waals surface area contributed by atoms with Gasteiger partial charge in [-0.05, 0) is 62.6 Å². The van der Waals surface area contributed by atoms with Crippen LogP contribution >= 0.6 is 23.2 Å². The van der Waals surface area contributed by atoms with Gasteiger partial charge in [0.25, 0.3) is 0 Å². The molecule has 0 aliphatic heterocycles. The Morgan fingerprint density at radius 2 is 1.81 bits per heavy atom. The summed E-state index contributed by atoms with van der Waals surface area (Å²) in [7, 11) is -2.13. The van der Waals surface area contributed by atoms with Gasteiger partial charge in [0, 0.05) is 30.6 Å². The number of carbonyl (C=O) groups is 2. The SMILES string of the molecule is CC[C@@H](C(=O)NC(C)C)N(Cc1cccc(OC)c1)C(=O)CCCN(c1cc(Cl)ccc1Cl)S(C)(=O)=O. The number of amides is 2. The number of rotatable bonds is 13. The molecule has 0 saturated carbocycles. The minimum atomic E-state index is -3.69. The summed E-state index contributed by atoms with van der Waals surface area (Å²) in [4.78, 5) is 28.0. The van der Waals surface area contributed by atoms with E-state index in [1.54, 1.807) is 24.1 Å². The molecule has 0 spiro atoms. The van der Waals surface area contributed by atoms with Crippen molar-refractivity contribution in [2.24, 2.45) is 0 Å². The molecule has 0 heterocycles. The third-order valence-electron chi connectivity index (χ3n) is 5.63. The van der Waals surface area contributed by atoms with Gasteiger partial charge in [0.05, 0.1) is 24.1 Å². The minimum Gasteiger partial charge on any atom is -0.497 e. The molecule has 0 radical (unpaired) electrons. The van der Waals surface area contributed by atoms with Crippen molar-refractivity contribution in [2.45, 2.75) is 58.7 Å². The molecular formula is C26H35Cl2N3O5S. The maximum Gasteiger partial charge on any atom is 0.243 e. The van der Waals surface area contributed by atoms with E-state index in [1.807, 2.05) is 39.0 Å². The van der Waals surface area contributed by atoms with Crippen molar-refractivity contribution < 1.29 is 22.7 Å². The lowest BCUT2D eigenvalue weighted by molar-refractivity contribution is -0.141. The van der Waals surface area contributed by atoms with E-state index in [-0.39, 0.29) is 54.5 Å². The molecule has 8 nitrogen and oxygen atoms in total. The highest BCUT2D eigenvalue weighted by Crippen LogP contribution is 2.31. The Morgan fingerprint density at radius 3 is 2.41 bits per heavy atom. The highest BCUT2D eigenvalue weighted by Gasteiger charge is 2.29. The summed E-state index contributed by atoms with van der Waals surface area (Å²) < 4.78 is 31.5. The number of methoxy groups -OCH3 is 1. The number of hydrogen-bond donors (Lipinski definition) is 1. The molecule has 0 unspecified atom stereocenters. The molecule has 0 aromatic heterocycles. The number of benzene rings is 2.